The Morgan fingerprint density at radius 2 is 2.06 bits per heavy atom. The molecule has 168 valence electrons. The smallest absolute Gasteiger partial charge is 0.324 e. The lowest BCUT2D eigenvalue weighted by Crippen LogP contribution is -2.53. The van der Waals surface area contributed by atoms with Crippen LogP contribution >= 0.6 is 27.7 Å². The van der Waals surface area contributed by atoms with Gasteiger partial charge in [0.1, 0.15) is 5.70 Å². The van der Waals surface area contributed by atoms with Crippen molar-refractivity contribution in [3.63, 3.8) is 0 Å². The highest BCUT2D eigenvalue weighted by molar-refractivity contribution is 9.10. The molecular formula is C22H19BrN6O3S. The van der Waals surface area contributed by atoms with Crippen molar-refractivity contribution in [3.8, 4) is 0 Å². The highest BCUT2D eigenvalue weighted by atomic mass is 79.9. The molecular weight excluding hydrogens is 508 g/mol. The van der Waals surface area contributed by atoms with Crippen molar-refractivity contribution in [2.75, 3.05) is 29.8 Å². The number of aliphatic imine (C=N–C) groups is 2. The summed E-state index contributed by atoms with van der Waals surface area (Å²) in [5.41, 5.74) is 1.78. The summed E-state index contributed by atoms with van der Waals surface area (Å²) in [4.78, 5) is 24.5. The molecule has 0 N–H and O–H groups in total. The Balaban J connectivity index is 1.58. The van der Waals surface area contributed by atoms with E-state index in [1.807, 2.05) is 54.6 Å². The van der Waals surface area contributed by atoms with Crippen molar-refractivity contribution >= 4 is 62.3 Å². The van der Waals surface area contributed by atoms with Crippen molar-refractivity contribution < 1.29 is 19.2 Å². The average Bonchev–Trinajstić information content (AvgIpc) is 3.38. The first-order valence-corrected chi connectivity index (χ1v) is 11.6. The SMILES string of the molecule is CN(C)[n+]1cc(/N=C(/[O-])CSC2=N/C(=C/c3cccc(Br)c3)C(=O)N2c2ccccc2)on1. The summed E-state index contributed by atoms with van der Waals surface area (Å²) in [5, 5.41) is 18.2. The summed E-state index contributed by atoms with van der Waals surface area (Å²) in [6.45, 7) is 0. The molecule has 0 atom stereocenters. The van der Waals surface area contributed by atoms with Crippen LogP contribution in [-0.2, 0) is 4.79 Å². The lowest BCUT2D eigenvalue weighted by molar-refractivity contribution is -0.753. The van der Waals surface area contributed by atoms with E-state index in [1.54, 1.807) is 25.2 Å². The number of amidine groups is 1. The quantitative estimate of drug-likeness (QED) is 0.211. The van der Waals surface area contributed by atoms with Gasteiger partial charge in [0.15, 0.2) is 5.17 Å². The zero-order valence-electron chi connectivity index (χ0n) is 17.8. The van der Waals surface area contributed by atoms with E-state index in [4.69, 9.17) is 4.52 Å². The molecule has 0 bridgehead atoms. The molecule has 4 rings (SSSR count). The van der Waals surface area contributed by atoms with Gasteiger partial charge in [-0.3, -0.25) is 14.2 Å². The summed E-state index contributed by atoms with van der Waals surface area (Å²) in [6.07, 6.45) is 3.21. The number of carbonyl (C=O) groups excluding carboxylic acids is 1. The molecule has 2 heterocycles. The zero-order chi connectivity index (χ0) is 23.4. The molecule has 11 heteroatoms. The minimum absolute atomic E-state index is 0.0255. The number of amides is 1. The molecule has 0 saturated carbocycles. The van der Waals surface area contributed by atoms with Crippen molar-refractivity contribution in [2.45, 2.75) is 0 Å². The van der Waals surface area contributed by atoms with Gasteiger partial charge in [0.2, 0.25) is 5.27 Å². The molecule has 1 amide bonds. The summed E-state index contributed by atoms with van der Waals surface area (Å²) in [6, 6.07) is 16.7. The number of aromatic nitrogens is 2. The number of benzene rings is 2. The third-order valence-corrected chi connectivity index (χ3v) is 5.83. The maximum atomic E-state index is 13.2. The van der Waals surface area contributed by atoms with Gasteiger partial charge in [-0.2, -0.15) is 5.01 Å². The maximum absolute atomic E-state index is 13.2. The summed E-state index contributed by atoms with van der Waals surface area (Å²) >= 11 is 4.57. The number of halogens is 1. The van der Waals surface area contributed by atoms with Crippen molar-refractivity contribution in [2.24, 2.45) is 9.98 Å². The number of carbonyl (C=O) groups is 1. The van der Waals surface area contributed by atoms with E-state index in [0.717, 1.165) is 21.8 Å². The van der Waals surface area contributed by atoms with Gasteiger partial charge in [-0.25, -0.2) is 9.98 Å². The number of rotatable bonds is 6. The van der Waals surface area contributed by atoms with Gasteiger partial charge in [-0.05, 0) is 41.8 Å². The van der Waals surface area contributed by atoms with Gasteiger partial charge in [0, 0.05) is 10.2 Å². The third kappa shape index (κ3) is 5.49. The lowest BCUT2D eigenvalue weighted by Gasteiger charge is -2.18. The minimum Gasteiger partial charge on any atom is -0.861 e. The zero-order valence-corrected chi connectivity index (χ0v) is 20.2. The molecule has 9 nitrogen and oxygen atoms in total. The van der Waals surface area contributed by atoms with Crippen LogP contribution in [0, 0.1) is 0 Å². The summed E-state index contributed by atoms with van der Waals surface area (Å²) in [5.74, 6) is -0.638. The topological polar surface area (TPSA) is 101 Å². The van der Waals surface area contributed by atoms with Crippen LogP contribution in [-0.4, -0.2) is 42.1 Å². The molecule has 0 saturated heterocycles. The van der Waals surface area contributed by atoms with Crippen LogP contribution in [0.25, 0.3) is 6.08 Å². The normalized spacial score (nSPS) is 15.3. The second-order valence-corrected chi connectivity index (χ2v) is 8.92. The monoisotopic (exact) mass is 526 g/mol. The number of para-hydroxylation sites is 1. The summed E-state index contributed by atoms with van der Waals surface area (Å²) in [7, 11) is 3.55. The van der Waals surface area contributed by atoms with Crippen LogP contribution in [0.2, 0.25) is 0 Å². The molecule has 0 radical (unpaired) electrons. The first-order valence-electron chi connectivity index (χ1n) is 9.80. The molecule has 0 spiro atoms. The molecule has 33 heavy (non-hydrogen) atoms. The molecule has 0 aliphatic carbocycles. The van der Waals surface area contributed by atoms with Crippen molar-refractivity contribution in [1.29, 1.82) is 0 Å². The second-order valence-electron chi connectivity index (χ2n) is 7.06. The third-order valence-electron chi connectivity index (χ3n) is 4.41. The number of anilines is 1. The van der Waals surface area contributed by atoms with E-state index >= 15 is 0 Å². The van der Waals surface area contributed by atoms with E-state index in [9.17, 15) is 9.90 Å². The standard InChI is InChI=1S/C22H19BrN6O3S/c1-27(2)28-13-20(32-26-28)25-19(30)14-33-22-24-18(12-15-7-6-8-16(23)11-15)21(31)29(22)17-9-4-3-5-10-17/h3-13H,14H2,1-2H3/b18-12+. The van der Waals surface area contributed by atoms with Gasteiger partial charge in [0.25, 0.3) is 12.1 Å². The van der Waals surface area contributed by atoms with Gasteiger partial charge in [0.05, 0.1) is 24.6 Å². The fourth-order valence-electron chi connectivity index (χ4n) is 2.90. The van der Waals surface area contributed by atoms with E-state index in [0.29, 0.717) is 10.9 Å². The Morgan fingerprint density at radius 1 is 1.27 bits per heavy atom. The van der Waals surface area contributed by atoms with Crippen LogP contribution in [0.1, 0.15) is 5.56 Å². The van der Waals surface area contributed by atoms with Gasteiger partial charge >= 0.3 is 5.88 Å². The second kappa shape index (κ2) is 10.0. The van der Waals surface area contributed by atoms with Crippen LogP contribution < -0.4 is 19.8 Å². The van der Waals surface area contributed by atoms with Gasteiger partial charge in [-0.1, -0.05) is 58.0 Å². The minimum atomic E-state index is -0.436. The number of nitrogens with zero attached hydrogens (tertiary/aromatic N) is 6. The fraction of sp³-hybridized carbons (Fsp3) is 0.136. The van der Waals surface area contributed by atoms with Crippen LogP contribution in [0.5, 0.6) is 0 Å². The highest BCUT2D eigenvalue weighted by Crippen LogP contribution is 2.29. The molecule has 3 aromatic rings. The summed E-state index contributed by atoms with van der Waals surface area (Å²) < 4.78 is 5.93. The van der Waals surface area contributed by atoms with E-state index < -0.39 is 5.90 Å². The first-order chi connectivity index (χ1) is 15.9. The predicted molar refractivity (Wildman–Crippen MR) is 130 cm³/mol. The Labute approximate surface area is 202 Å². The number of thioether (sulfide) groups is 1. The van der Waals surface area contributed by atoms with Crippen molar-refractivity contribution in [3.05, 3.63) is 76.5 Å². The number of hydrogen-bond donors (Lipinski definition) is 0. The largest absolute Gasteiger partial charge is 0.861 e. The van der Waals surface area contributed by atoms with E-state index in [2.05, 4.69) is 31.2 Å². The average molecular weight is 527 g/mol. The Hall–Kier alpha value is -3.44. The van der Waals surface area contributed by atoms with Crippen LogP contribution in [0.3, 0.4) is 0 Å². The number of hydrogen-bond acceptors (Lipinski definition) is 8. The maximum Gasteiger partial charge on any atom is 0.324 e. The van der Waals surface area contributed by atoms with Crippen molar-refractivity contribution in [1.82, 2.24) is 5.27 Å². The fourth-order valence-corrected chi connectivity index (χ4v) is 4.12. The molecule has 2 aromatic carbocycles. The predicted octanol–water partition coefficient (Wildman–Crippen LogP) is 2.49. The molecule has 1 aliphatic heterocycles. The molecule has 0 fully saturated rings. The van der Waals surface area contributed by atoms with Gasteiger partial charge < -0.3 is 5.11 Å². The van der Waals surface area contributed by atoms with Gasteiger partial charge in [-0.15, -0.1) is 0 Å². The molecule has 1 aliphatic rings. The molecule has 1 aromatic heterocycles. The Bertz CT molecular complexity index is 1260. The first kappa shape index (κ1) is 22.7. The lowest BCUT2D eigenvalue weighted by atomic mass is 10.2. The highest BCUT2D eigenvalue weighted by Gasteiger charge is 2.31. The Morgan fingerprint density at radius 3 is 2.76 bits per heavy atom. The van der Waals surface area contributed by atoms with Crippen LogP contribution in [0.15, 0.2) is 85.5 Å². The molecule has 0 unspecified atom stereocenters. The van der Waals surface area contributed by atoms with Crippen LogP contribution in [0.4, 0.5) is 11.6 Å². The Kier molecular flexibility index (Phi) is 6.90. The van der Waals surface area contributed by atoms with E-state index in [-0.39, 0.29) is 23.2 Å². The van der Waals surface area contributed by atoms with E-state index in [1.165, 1.54) is 15.9 Å².